The van der Waals surface area contributed by atoms with Crippen molar-refractivity contribution in [3.63, 3.8) is 0 Å². The van der Waals surface area contributed by atoms with Crippen molar-refractivity contribution in [2.75, 3.05) is 6.54 Å². The van der Waals surface area contributed by atoms with Crippen LogP contribution in [0.3, 0.4) is 0 Å². The van der Waals surface area contributed by atoms with Gasteiger partial charge in [0, 0.05) is 30.9 Å². The molecule has 21 heavy (non-hydrogen) atoms. The summed E-state index contributed by atoms with van der Waals surface area (Å²) in [5.74, 6) is -0.0698. The van der Waals surface area contributed by atoms with Crippen LogP contribution in [-0.4, -0.2) is 39.8 Å². The molecule has 0 aliphatic carbocycles. The highest BCUT2D eigenvalue weighted by Gasteiger charge is 2.36. The Labute approximate surface area is 125 Å². The minimum atomic E-state index is -0.208. The molecule has 1 aliphatic rings. The van der Waals surface area contributed by atoms with E-state index in [-0.39, 0.29) is 23.4 Å². The third-order valence-corrected chi connectivity index (χ3v) is 3.74. The largest absolute Gasteiger partial charge is 0.347 e. The molecule has 0 radical (unpaired) electrons. The third-order valence-electron chi connectivity index (χ3n) is 3.74. The highest BCUT2D eigenvalue weighted by atomic mass is 16.2. The van der Waals surface area contributed by atoms with Gasteiger partial charge in [0.2, 0.25) is 5.91 Å². The van der Waals surface area contributed by atoms with Crippen LogP contribution in [0.25, 0.3) is 0 Å². The Morgan fingerprint density at radius 3 is 2.71 bits per heavy atom. The van der Waals surface area contributed by atoms with Gasteiger partial charge in [-0.3, -0.25) is 14.6 Å². The van der Waals surface area contributed by atoms with Gasteiger partial charge in [-0.05, 0) is 38.8 Å². The van der Waals surface area contributed by atoms with Crippen LogP contribution >= 0.6 is 0 Å². The molecule has 1 aromatic heterocycles. The van der Waals surface area contributed by atoms with E-state index in [2.05, 4.69) is 10.3 Å². The van der Waals surface area contributed by atoms with E-state index in [1.54, 1.807) is 12.4 Å². The number of amides is 2. The van der Waals surface area contributed by atoms with E-state index in [1.807, 2.05) is 38.7 Å². The van der Waals surface area contributed by atoms with Crippen molar-refractivity contribution in [3.05, 3.63) is 29.6 Å². The number of likely N-dealkylation sites (tertiary alicyclic amines) is 1. The lowest BCUT2D eigenvalue weighted by molar-refractivity contribution is -0.131. The Balaban J connectivity index is 2.02. The number of aromatic nitrogens is 1. The average Bonchev–Trinajstić information content (AvgIpc) is 2.79. The number of hydrogen-bond donors (Lipinski definition) is 1. The number of rotatable bonds is 3. The quantitative estimate of drug-likeness (QED) is 0.922. The fourth-order valence-corrected chi connectivity index (χ4v) is 2.53. The van der Waals surface area contributed by atoms with Crippen molar-refractivity contribution in [1.29, 1.82) is 0 Å². The summed E-state index contributed by atoms with van der Waals surface area (Å²) in [6.45, 7) is 8.60. The molecule has 0 bridgehead atoms. The molecule has 114 valence electrons. The summed E-state index contributed by atoms with van der Waals surface area (Å²) in [6.07, 6.45) is 4.53. The van der Waals surface area contributed by atoms with Crippen LogP contribution in [0.1, 0.15) is 50.0 Å². The third kappa shape index (κ3) is 3.60. The van der Waals surface area contributed by atoms with Crippen molar-refractivity contribution < 1.29 is 9.59 Å². The van der Waals surface area contributed by atoms with Crippen LogP contribution in [0.4, 0.5) is 0 Å². The van der Waals surface area contributed by atoms with E-state index >= 15 is 0 Å². The second kappa shape index (κ2) is 5.84. The van der Waals surface area contributed by atoms with Crippen molar-refractivity contribution >= 4 is 11.8 Å². The Morgan fingerprint density at radius 2 is 2.14 bits per heavy atom. The molecule has 2 rings (SSSR count). The summed E-state index contributed by atoms with van der Waals surface area (Å²) in [5, 5.41) is 2.94. The molecular formula is C16H23N3O2. The van der Waals surface area contributed by atoms with Crippen LogP contribution < -0.4 is 5.32 Å². The first-order chi connectivity index (χ1) is 9.81. The molecule has 2 amide bonds. The number of aryl methyl sites for hydroxylation is 1. The van der Waals surface area contributed by atoms with E-state index in [1.165, 1.54) is 0 Å². The van der Waals surface area contributed by atoms with Gasteiger partial charge in [-0.15, -0.1) is 0 Å². The molecular weight excluding hydrogens is 266 g/mol. The molecule has 5 nitrogen and oxygen atoms in total. The number of nitrogens with one attached hydrogen (secondary N) is 1. The van der Waals surface area contributed by atoms with Gasteiger partial charge in [0.25, 0.3) is 5.91 Å². The van der Waals surface area contributed by atoms with E-state index < -0.39 is 0 Å². The van der Waals surface area contributed by atoms with Crippen molar-refractivity contribution in [1.82, 2.24) is 15.2 Å². The lowest BCUT2D eigenvalue weighted by Crippen LogP contribution is -2.44. The van der Waals surface area contributed by atoms with Crippen LogP contribution in [0.2, 0.25) is 0 Å². The van der Waals surface area contributed by atoms with Gasteiger partial charge in [0.15, 0.2) is 0 Å². The van der Waals surface area contributed by atoms with Crippen LogP contribution in [0.15, 0.2) is 18.5 Å². The molecule has 1 unspecified atom stereocenters. The van der Waals surface area contributed by atoms with Gasteiger partial charge < -0.3 is 10.2 Å². The van der Waals surface area contributed by atoms with Gasteiger partial charge >= 0.3 is 0 Å². The monoisotopic (exact) mass is 289 g/mol. The summed E-state index contributed by atoms with van der Waals surface area (Å²) in [7, 11) is 0. The van der Waals surface area contributed by atoms with E-state index in [0.717, 1.165) is 12.0 Å². The lowest BCUT2D eigenvalue weighted by Gasteiger charge is -2.32. The minimum absolute atomic E-state index is 0.0910. The predicted octanol–water partition coefficient (Wildman–Crippen LogP) is 1.77. The fraction of sp³-hybridized carbons (Fsp3) is 0.562. The topological polar surface area (TPSA) is 62.3 Å². The molecule has 1 atom stereocenters. The summed E-state index contributed by atoms with van der Waals surface area (Å²) in [5.41, 5.74) is 1.37. The molecule has 1 aromatic rings. The zero-order chi connectivity index (χ0) is 15.6. The lowest BCUT2D eigenvalue weighted by atomic mass is 10.1. The van der Waals surface area contributed by atoms with E-state index in [0.29, 0.717) is 18.5 Å². The molecule has 0 saturated carbocycles. The molecule has 1 saturated heterocycles. The highest BCUT2D eigenvalue weighted by Crippen LogP contribution is 2.22. The molecule has 1 N–H and O–H groups in total. The van der Waals surface area contributed by atoms with E-state index in [4.69, 9.17) is 0 Å². The van der Waals surface area contributed by atoms with Crippen molar-refractivity contribution in [3.8, 4) is 0 Å². The molecule has 0 aromatic carbocycles. The first kappa shape index (κ1) is 15.5. The van der Waals surface area contributed by atoms with Gasteiger partial charge in [-0.1, -0.05) is 6.92 Å². The predicted molar refractivity (Wildman–Crippen MR) is 81.0 cm³/mol. The molecule has 2 heterocycles. The average molecular weight is 289 g/mol. The van der Waals surface area contributed by atoms with Gasteiger partial charge in [-0.25, -0.2) is 0 Å². The molecule has 1 fully saturated rings. The SMILES string of the molecule is CCc1cncc(C(=O)NC2CC(=O)N(C(C)(C)C)C2)c1. The number of carbonyl (C=O) groups is 2. The maximum absolute atomic E-state index is 12.3. The summed E-state index contributed by atoms with van der Waals surface area (Å²) in [6, 6.07) is 1.72. The van der Waals surface area contributed by atoms with Crippen LogP contribution in [0, 0.1) is 0 Å². The Hall–Kier alpha value is -1.91. The molecule has 0 spiro atoms. The standard InChI is InChI=1S/C16H23N3O2/c1-5-11-6-12(9-17-8-11)15(21)18-13-7-14(20)19(10-13)16(2,3)4/h6,8-9,13H,5,7,10H2,1-4H3,(H,18,21). The number of nitrogens with zero attached hydrogens (tertiary/aromatic N) is 2. The van der Waals surface area contributed by atoms with Gasteiger partial charge in [-0.2, -0.15) is 0 Å². The summed E-state index contributed by atoms with van der Waals surface area (Å²) >= 11 is 0. The Morgan fingerprint density at radius 1 is 1.43 bits per heavy atom. The smallest absolute Gasteiger partial charge is 0.253 e. The Kier molecular flexibility index (Phi) is 4.30. The van der Waals surface area contributed by atoms with Crippen molar-refractivity contribution in [2.45, 2.75) is 52.1 Å². The minimum Gasteiger partial charge on any atom is -0.347 e. The van der Waals surface area contributed by atoms with Crippen LogP contribution in [-0.2, 0) is 11.2 Å². The number of hydrogen-bond acceptors (Lipinski definition) is 3. The number of carbonyl (C=O) groups excluding carboxylic acids is 2. The molecule has 5 heteroatoms. The first-order valence-corrected chi connectivity index (χ1v) is 7.36. The van der Waals surface area contributed by atoms with Crippen molar-refractivity contribution in [2.24, 2.45) is 0 Å². The van der Waals surface area contributed by atoms with E-state index in [9.17, 15) is 9.59 Å². The zero-order valence-electron chi connectivity index (χ0n) is 13.1. The highest BCUT2D eigenvalue weighted by molar-refractivity contribution is 5.95. The second-order valence-electron chi connectivity index (χ2n) is 6.49. The molecule has 1 aliphatic heterocycles. The zero-order valence-corrected chi connectivity index (χ0v) is 13.1. The van der Waals surface area contributed by atoms with Gasteiger partial charge in [0.1, 0.15) is 0 Å². The maximum Gasteiger partial charge on any atom is 0.253 e. The Bertz CT molecular complexity index is 549. The first-order valence-electron chi connectivity index (χ1n) is 7.36. The van der Waals surface area contributed by atoms with Crippen LogP contribution in [0.5, 0.6) is 0 Å². The number of pyridine rings is 1. The fourth-order valence-electron chi connectivity index (χ4n) is 2.53. The normalized spacial score (nSPS) is 19.0. The maximum atomic E-state index is 12.3. The summed E-state index contributed by atoms with van der Waals surface area (Å²) < 4.78 is 0. The second-order valence-corrected chi connectivity index (χ2v) is 6.49. The van der Waals surface area contributed by atoms with Gasteiger partial charge in [0.05, 0.1) is 11.6 Å². The summed E-state index contributed by atoms with van der Waals surface area (Å²) in [4.78, 5) is 30.2.